The summed E-state index contributed by atoms with van der Waals surface area (Å²) >= 11 is 0. The van der Waals surface area contributed by atoms with E-state index in [2.05, 4.69) is 26.9 Å². The van der Waals surface area contributed by atoms with Gasteiger partial charge < -0.3 is 14.0 Å². The summed E-state index contributed by atoms with van der Waals surface area (Å²) < 4.78 is 27.5. The number of methoxy groups -OCH3 is 1. The topological polar surface area (TPSA) is 76.6 Å². The van der Waals surface area contributed by atoms with Gasteiger partial charge in [-0.15, -0.1) is 5.11 Å². The molecule has 32 heavy (non-hydrogen) atoms. The minimum Gasteiger partial charge on any atom is -0.497 e. The van der Waals surface area contributed by atoms with E-state index >= 15 is 0 Å². The van der Waals surface area contributed by atoms with Crippen LogP contribution < -0.4 is 9.75 Å². The lowest BCUT2D eigenvalue weighted by atomic mass is 10.1. The Morgan fingerprint density at radius 1 is 1.25 bits per heavy atom. The largest absolute Gasteiger partial charge is 0.497 e. The molecule has 8 nitrogen and oxygen atoms in total. The van der Waals surface area contributed by atoms with Crippen molar-refractivity contribution in [3.63, 3.8) is 0 Å². The normalized spacial score (nSPS) is 17.4. The first-order valence-corrected chi connectivity index (χ1v) is 10.2. The predicted octanol–water partition coefficient (Wildman–Crippen LogP) is 4.41. The number of hydrogen-bond donors (Lipinski definition) is 0. The summed E-state index contributed by atoms with van der Waals surface area (Å²) in [5.74, 6) is 0.840. The maximum atomic E-state index is 14.2. The average Bonchev–Trinajstić information content (AvgIpc) is 3.43. The van der Waals surface area contributed by atoms with Crippen LogP contribution in [0, 0.1) is 5.82 Å². The van der Waals surface area contributed by atoms with E-state index in [0.717, 1.165) is 17.1 Å². The quantitative estimate of drug-likeness (QED) is 0.560. The van der Waals surface area contributed by atoms with Gasteiger partial charge >= 0.3 is 0 Å². The van der Waals surface area contributed by atoms with Crippen molar-refractivity contribution in [2.75, 3.05) is 25.3 Å². The van der Waals surface area contributed by atoms with E-state index in [1.54, 1.807) is 36.6 Å². The van der Waals surface area contributed by atoms with E-state index in [1.165, 1.54) is 12.3 Å². The molecule has 0 aliphatic carbocycles. The maximum Gasteiger partial charge on any atom is 0.238 e. The molecule has 0 saturated heterocycles. The van der Waals surface area contributed by atoms with Gasteiger partial charge in [-0.3, -0.25) is 0 Å². The number of hydrogen-bond acceptors (Lipinski definition) is 6. The van der Waals surface area contributed by atoms with Gasteiger partial charge in [-0.05, 0) is 18.2 Å². The highest BCUT2D eigenvalue weighted by Gasteiger charge is 2.30. The molecule has 3 aromatic rings. The number of rotatable bonds is 5. The minimum atomic E-state index is -0.399. The molecule has 2 aliphatic rings. The van der Waals surface area contributed by atoms with Gasteiger partial charge in [0.2, 0.25) is 5.90 Å². The van der Waals surface area contributed by atoms with Crippen molar-refractivity contribution in [2.24, 2.45) is 15.3 Å². The van der Waals surface area contributed by atoms with E-state index in [0.29, 0.717) is 35.9 Å². The van der Waals surface area contributed by atoms with Crippen molar-refractivity contribution in [1.82, 2.24) is 9.55 Å². The highest BCUT2D eigenvalue weighted by molar-refractivity contribution is 5.95. The summed E-state index contributed by atoms with van der Waals surface area (Å²) in [5.41, 5.74) is 3.80. The van der Waals surface area contributed by atoms with E-state index in [1.807, 2.05) is 22.8 Å². The van der Waals surface area contributed by atoms with Crippen LogP contribution in [0.5, 0.6) is 5.75 Å². The van der Waals surface area contributed by atoms with E-state index < -0.39 is 6.04 Å². The van der Waals surface area contributed by atoms with Gasteiger partial charge in [0, 0.05) is 30.8 Å². The zero-order valence-corrected chi connectivity index (χ0v) is 17.5. The second-order valence-electron chi connectivity index (χ2n) is 7.31. The standard InChI is InChI=1S/C23H21FN6O2/c1-3-26-28-30-11-10-20-22(23-27-18(13-32-23)16-6-4-5-7-17(16)24)25-14-29(20)19-9-8-15(31-2)12-21(19)30/h3-9,12,14,18H,1,10-11,13H2,2H3/b28-26-/t18-/m1/s1. The molecule has 0 fully saturated rings. The number of nitrogens with zero attached hydrogens (tertiary/aromatic N) is 6. The third-order valence-electron chi connectivity index (χ3n) is 5.51. The Morgan fingerprint density at radius 2 is 2.12 bits per heavy atom. The molecular formula is C23H21FN6O2. The molecule has 0 spiro atoms. The minimum absolute atomic E-state index is 0.274. The van der Waals surface area contributed by atoms with Gasteiger partial charge in [0.05, 0.1) is 24.2 Å². The molecule has 2 aromatic carbocycles. The van der Waals surface area contributed by atoms with Gasteiger partial charge in [0.25, 0.3) is 0 Å². The van der Waals surface area contributed by atoms with Gasteiger partial charge in [-0.25, -0.2) is 19.4 Å². The lowest BCUT2D eigenvalue weighted by molar-refractivity contribution is 0.316. The molecule has 0 unspecified atom stereocenters. The van der Waals surface area contributed by atoms with Crippen LogP contribution in [-0.4, -0.2) is 35.7 Å². The van der Waals surface area contributed by atoms with E-state index in [-0.39, 0.29) is 12.4 Å². The Labute approximate surface area is 184 Å². The Hall–Kier alpha value is -4.01. The molecule has 0 radical (unpaired) electrons. The number of ether oxygens (including phenoxy) is 2. The molecule has 1 aromatic heterocycles. The third-order valence-corrected chi connectivity index (χ3v) is 5.51. The van der Waals surface area contributed by atoms with Crippen LogP contribution in [0.25, 0.3) is 5.69 Å². The molecule has 1 atom stereocenters. The highest BCUT2D eigenvalue weighted by Crippen LogP contribution is 2.35. The van der Waals surface area contributed by atoms with Gasteiger partial charge in [0.1, 0.15) is 36.2 Å². The second kappa shape index (κ2) is 8.26. The molecule has 0 bridgehead atoms. The Morgan fingerprint density at radius 3 is 2.94 bits per heavy atom. The van der Waals surface area contributed by atoms with Crippen molar-refractivity contribution in [3.05, 3.63) is 84.3 Å². The fraction of sp³-hybridized carbons (Fsp3) is 0.217. The Balaban J connectivity index is 1.55. The summed E-state index contributed by atoms with van der Waals surface area (Å²) in [6, 6.07) is 12.0. The zero-order chi connectivity index (χ0) is 22.1. The summed E-state index contributed by atoms with van der Waals surface area (Å²) in [5, 5.41) is 10.0. The molecule has 0 saturated carbocycles. The Kier molecular flexibility index (Phi) is 5.14. The van der Waals surface area contributed by atoms with Crippen LogP contribution in [0.3, 0.4) is 0 Å². The molecule has 2 aliphatic heterocycles. The number of aromatic nitrogens is 2. The number of halogens is 1. The lowest BCUT2D eigenvalue weighted by Crippen LogP contribution is -2.18. The first-order chi connectivity index (χ1) is 15.7. The molecule has 9 heteroatoms. The lowest BCUT2D eigenvalue weighted by Gasteiger charge is -2.18. The predicted molar refractivity (Wildman–Crippen MR) is 118 cm³/mol. The second-order valence-corrected chi connectivity index (χ2v) is 7.31. The van der Waals surface area contributed by atoms with Gasteiger partial charge in [0.15, 0.2) is 0 Å². The molecule has 0 amide bonds. The number of fused-ring (bicyclic) bond motifs is 3. The van der Waals surface area contributed by atoms with Crippen LogP contribution in [0.1, 0.15) is 23.0 Å². The summed E-state index contributed by atoms with van der Waals surface area (Å²) in [7, 11) is 1.62. The van der Waals surface area contributed by atoms with Gasteiger partial charge in [-0.1, -0.05) is 30.0 Å². The number of anilines is 1. The van der Waals surface area contributed by atoms with Crippen LogP contribution in [0.2, 0.25) is 0 Å². The van der Waals surface area contributed by atoms with Crippen LogP contribution in [-0.2, 0) is 11.2 Å². The van der Waals surface area contributed by atoms with Crippen molar-refractivity contribution >= 4 is 11.6 Å². The van der Waals surface area contributed by atoms with Gasteiger partial charge in [-0.2, -0.15) is 0 Å². The number of benzene rings is 2. The van der Waals surface area contributed by atoms with Crippen molar-refractivity contribution in [3.8, 4) is 11.4 Å². The SMILES string of the molecule is C=C/N=N\N1CCc2c(C3=N[C@@H](c4ccccc4F)CO3)ncn2-c2ccc(OC)cc21. The van der Waals surface area contributed by atoms with Crippen LogP contribution in [0.15, 0.2) is 76.9 Å². The van der Waals surface area contributed by atoms with Crippen molar-refractivity contribution in [1.29, 1.82) is 0 Å². The average molecular weight is 432 g/mol. The van der Waals surface area contributed by atoms with E-state index in [9.17, 15) is 4.39 Å². The maximum absolute atomic E-state index is 14.2. The smallest absolute Gasteiger partial charge is 0.238 e. The summed E-state index contributed by atoms with van der Waals surface area (Å²) in [6.07, 6.45) is 3.75. The molecule has 162 valence electrons. The fourth-order valence-electron chi connectivity index (χ4n) is 3.97. The van der Waals surface area contributed by atoms with Crippen LogP contribution >= 0.6 is 0 Å². The fourth-order valence-corrected chi connectivity index (χ4v) is 3.97. The van der Waals surface area contributed by atoms with E-state index in [4.69, 9.17) is 9.47 Å². The number of aliphatic imine (C=N–C) groups is 1. The third kappa shape index (κ3) is 3.41. The number of imidazole rings is 1. The first kappa shape index (κ1) is 19.9. The summed E-state index contributed by atoms with van der Waals surface area (Å²) in [6.45, 7) is 4.44. The molecule has 0 N–H and O–H groups in total. The first-order valence-electron chi connectivity index (χ1n) is 10.2. The monoisotopic (exact) mass is 432 g/mol. The van der Waals surface area contributed by atoms with Crippen molar-refractivity contribution in [2.45, 2.75) is 12.5 Å². The molecular weight excluding hydrogens is 411 g/mol. The molecule has 3 heterocycles. The molecule has 5 rings (SSSR count). The Bertz CT molecular complexity index is 1230. The highest BCUT2D eigenvalue weighted by atomic mass is 19.1. The van der Waals surface area contributed by atoms with Crippen LogP contribution in [0.4, 0.5) is 10.1 Å². The van der Waals surface area contributed by atoms with Crippen molar-refractivity contribution < 1.29 is 13.9 Å². The summed E-state index contributed by atoms with van der Waals surface area (Å²) in [4.78, 5) is 9.24. The zero-order valence-electron chi connectivity index (χ0n) is 17.5.